The molecule has 0 aromatic rings. The normalized spacial score (nSPS) is 15.5. The van der Waals surface area contributed by atoms with E-state index in [1.807, 2.05) is 0 Å². The minimum atomic E-state index is -3.42. The largest absolute Gasteiger partial charge is 0.480 e. The topological polar surface area (TPSA) is 121 Å². The summed E-state index contributed by atoms with van der Waals surface area (Å²) in [5.41, 5.74) is -0.742. The van der Waals surface area contributed by atoms with E-state index in [1.54, 1.807) is 20.8 Å². The van der Waals surface area contributed by atoms with E-state index in [2.05, 4.69) is 0 Å². The molecule has 10 heteroatoms. The molecule has 0 heterocycles. The van der Waals surface area contributed by atoms with Gasteiger partial charge in [-0.25, -0.2) is 18.0 Å². The lowest BCUT2D eigenvalue weighted by atomic mass is 10.0. The molecule has 0 saturated heterocycles. The van der Waals surface area contributed by atoms with Gasteiger partial charge in [0.05, 0.1) is 5.75 Å². The van der Waals surface area contributed by atoms with E-state index >= 15 is 0 Å². The fourth-order valence-corrected chi connectivity index (χ4v) is 3.59. The quantitative estimate of drug-likeness (QED) is 0.679. The van der Waals surface area contributed by atoms with Crippen LogP contribution in [0.5, 0.6) is 0 Å². The molecule has 0 aliphatic rings. The molecule has 0 aromatic carbocycles. The van der Waals surface area contributed by atoms with E-state index in [0.29, 0.717) is 0 Å². The molecule has 0 saturated carbocycles. The van der Waals surface area contributed by atoms with E-state index in [-0.39, 0.29) is 5.75 Å². The maximum Gasteiger partial charge on any atom is 0.410 e. The van der Waals surface area contributed by atoms with Gasteiger partial charge in [-0.3, -0.25) is 9.69 Å². The van der Waals surface area contributed by atoms with Crippen LogP contribution in [0.1, 0.15) is 34.6 Å². The number of nitrogens with zero attached hydrogens (tertiary/aromatic N) is 2. The summed E-state index contributed by atoms with van der Waals surface area (Å²) in [6.07, 6.45) is 0.283. The van der Waals surface area contributed by atoms with Crippen molar-refractivity contribution in [3.63, 3.8) is 0 Å². The first kappa shape index (κ1) is 24.2. The SMILES string of the molecule is CC(CS(C)(=O)=O)C(C(=O)O)N(C)C(=O)C(C)N(C)C(=O)OC(C)(C)C. The van der Waals surface area contributed by atoms with Gasteiger partial charge in [0, 0.05) is 26.3 Å². The number of rotatable bonds is 7. The molecule has 0 aromatic heterocycles. The molecular weight excluding hydrogens is 364 g/mol. The third-order valence-corrected chi connectivity index (χ3v) is 4.87. The Morgan fingerprint density at radius 3 is 1.88 bits per heavy atom. The monoisotopic (exact) mass is 394 g/mol. The highest BCUT2D eigenvalue weighted by Crippen LogP contribution is 2.16. The van der Waals surface area contributed by atoms with Crippen LogP contribution in [0.25, 0.3) is 0 Å². The molecule has 0 fully saturated rings. The van der Waals surface area contributed by atoms with Gasteiger partial charge in [0.2, 0.25) is 5.91 Å². The van der Waals surface area contributed by atoms with Gasteiger partial charge in [0.1, 0.15) is 27.5 Å². The van der Waals surface area contributed by atoms with Gasteiger partial charge < -0.3 is 14.7 Å². The van der Waals surface area contributed by atoms with Crippen molar-refractivity contribution < 1.29 is 32.6 Å². The Labute approximate surface area is 155 Å². The van der Waals surface area contributed by atoms with Crippen LogP contribution >= 0.6 is 0 Å². The van der Waals surface area contributed by atoms with Gasteiger partial charge in [0.15, 0.2) is 0 Å². The number of carbonyl (C=O) groups excluding carboxylic acids is 2. The summed E-state index contributed by atoms with van der Waals surface area (Å²) >= 11 is 0. The number of sulfone groups is 1. The summed E-state index contributed by atoms with van der Waals surface area (Å²) in [5, 5.41) is 9.45. The highest BCUT2D eigenvalue weighted by Gasteiger charge is 2.37. The second kappa shape index (κ2) is 8.70. The third kappa shape index (κ3) is 7.59. The number of amides is 2. The van der Waals surface area contributed by atoms with Gasteiger partial charge in [-0.1, -0.05) is 6.92 Å². The summed E-state index contributed by atoms with van der Waals surface area (Å²) in [5.74, 6) is -3.15. The molecule has 0 aliphatic heterocycles. The van der Waals surface area contributed by atoms with Crippen LogP contribution in [0.3, 0.4) is 0 Å². The minimum Gasteiger partial charge on any atom is -0.480 e. The average Bonchev–Trinajstić information content (AvgIpc) is 2.40. The predicted molar refractivity (Wildman–Crippen MR) is 96.5 cm³/mol. The molecule has 0 aliphatic carbocycles. The zero-order chi connectivity index (χ0) is 21.0. The molecule has 0 spiro atoms. The Morgan fingerprint density at radius 2 is 1.54 bits per heavy atom. The molecule has 0 rings (SSSR count). The number of hydrogen-bond acceptors (Lipinski definition) is 6. The van der Waals surface area contributed by atoms with E-state index in [0.717, 1.165) is 16.1 Å². The van der Waals surface area contributed by atoms with Gasteiger partial charge in [-0.2, -0.15) is 0 Å². The van der Waals surface area contributed by atoms with E-state index < -0.39 is 51.4 Å². The molecule has 3 unspecified atom stereocenters. The van der Waals surface area contributed by atoms with Crippen LogP contribution in [-0.4, -0.2) is 85.1 Å². The van der Waals surface area contributed by atoms with Crippen molar-refractivity contribution in [2.45, 2.75) is 52.3 Å². The van der Waals surface area contributed by atoms with Crippen LogP contribution < -0.4 is 0 Å². The van der Waals surface area contributed by atoms with E-state index in [4.69, 9.17) is 4.74 Å². The zero-order valence-electron chi connectivity index (χ0n) is 16.6. The van der Waals surface area contributed by atoms with Crippen molar-refractivity contribution in [2.75, 3.05) is 26.1 Å². The smallest absolute Gasteiger partial charge is 0.410 e. The number of ether oxygens (including phenoxy) is 1. The molecule has 1 N–H and O–H groups in total. The van der Waals surface area contributed by atoms with E-state index in [9.17, 15) is 27.9 Å². The minimum absolute atomic E-state index is 0.377. The van der Waals surface area contributed by atoms with E-state index in [1.165, 1.54) is 27.9 Å². The van der Waals surface area contributed by atoms with Crippen LogP contribution in [0, 0.1) is 5.92 Å². The maximum absolute atomic E-state index is 12.6. The fraction of sp³-hybridized carbons (Fsp3) is 0.812. The molecule has 26 heavy (non-hydrogen) atoms. The Hall–Kier alpha value is -1.84. The van der Waals surface area contributed by atoms with Crippen molar-refractivity contribution in [3.05, 3.63) is 0 Å². The fourth-order valence-electron chi connectivity index (χ4n) is 2.45. The van der Waals surface area contributed by atoms with Gasteiger partial charge in [-0.05, 0) is 27.7 Å². The standard InChI is InChI=1S/C16H30N2O7S/c1-10(9-26(8,23)24)12(14(20)21)18(7)13(19)11(2)17(6)15(22)25-16(3,4)5/h10-12H,9H2,1-8H3,(H,20,21). The second-order valence-electron chi connectivity index (χ2n) is 7.57. The predicted octanol–water partition coefficient (Wildman–Crippen LogP) is 0.834. The summed E-state index contributed by atoms with van der Waals surface area (Å²) in [4.78, 5) is 38.4. The second-order valence-corrected chi connectivity index (χ2v) is 9.75. The zero-order valence-corrected chi connectivity index (χ0v) is 17.5. The Balaban J connectivity index is 5.35. The molecule has 3 atom stereocenters. The number of carbonyl (C=O) groups is 3. The summed E-state index contributed by atoms with van der Waals surface area (Å²) in [7, 11) is -0.765. The van der Waals surface area contributed by atoms with Crippen molar-refractivity contribution in [3.8, 4) is 0 Å². The van der Waals surface area contributed by atoms with Crippen LogP contribution in [0.4, 0.5) is 4.79 Å². The van der Waals surface area contributed by atoms with Crippen LogP contribution in [0.15, 0.2) is 0 Å². The molecule has 152 valence electrons. The van der Waals surface area contributed by atoms with Gasteiger partial charge >= 0.3 is 12.1 Å². The van der Waals surface area contributed by atoms with Gasteiger partial charge in [0.25, 0.3) is 0 Å². The first-order valence-corrected chi connectivity index (χ1v) is 10.2. The van der Waals surface area contributed by atoms with Crippen molar-refractivity contribution in [2.24, 2.45) is 5.92 Å². The number of likely N-dealkylation sites (N-methyl/N-ethyl adjacent to an activating group) is 2. The highest BCUT2D eigenvalue weighted by atomic mass is 32.2. The molecule has 2 amide bonds. The van der Waals surface area contributed by atoms with Crippen molar-refractivity contribution >= 4 is 27.8 Å². The molecule has 0 bridgehead atoms. The van der Waals surface area contributed by atoms with Gasteiger partial charge in [-0.15, -0.1) is 0 Å². The number of carboxylic acids is 1. The van der Waals surface area contributed by atoms with Crippen LogP contribution in [0.2, 0.25) is 0 Å². The lowest BCUT2D eigenvalue weighted by molar-refractivity contribution is -0.152. The number of hydrogen-bond donors (Lipinski definition) is 1. The van der Waals surface area contributed by atoms with Crippen molar-refractivity contribution in [1.29, 1.82) is 0 Å². The first-order chi connectivity index (χ1) is 11.5. The highest BCUT2D eigenvalue weighted by molar-refractivity contribution is 7.90. The molecular formula is C16H30N2O7S. The number of aliphatic carboxylic acids is 1. The lowest BCUT2D eigenvalue weighted by Gasteiger charge is -2.34. The summed E-state index contributed by atoms with van der Waals surface area (Å²) in [6.45, 7) is 7.95. The lowest BCUT2D eigenvalue weighted by Crippen LogP contribution is -2.54. The maximum atomic E-state index is 12.6. The summed E-state index contributed by atoms with van der Waals surface area (Å²) in [6, 6.07) is -2.33. The number of carboxylic acid groups (broad SMARTS) is 1. The molecule has 9 nitrogen and oxygen atoms in total. The Morgan fingerprint density at radius 1 is 1.08 bits per heavy atom. The van der Waals surface area contributed by atoms with Crippen molar-refractivity contribution in [1.82, 2.24) is 9.80 Å². The molecule has 0 radical (unpaired) electrons. The third-order valence-electron chi connectivity index (χ3n) is 3.74. The first-order valence-electron chi connectivity index (χ1n) is 8.11. The Kier molecular flexibility index (Phi) is 8.08. The Bertz CT molecular complexity index is 639. The average molecular weight is 394 g/mol. The van der Waals surface area contributed by atoms with Crippen LogP contribution in [-0.2, 0) is 24.2 Å². The summed E-state index contributed by atoms with van der Waals surface area (Å²) < 4.78 is 28.1.